The molecule has 0 spiro atoms. The minimum Gasteiger partial charge on any atom is -0.312 e. The molecule has 1 heterocycles. The normalized spacial score (nSPS) is 15.0. The Balaban J connectivity index is 1.74. The van der Waals surface area contributed by atoms with Crippen LogP contribution < -0.4 is 0 Å². The van der Waals surface area contributed by atoms with Crippen molar-refractivity contribution >= 4 is 5.78 Å². The number of aryl methyl sites for hydroxylation is 3. The summed E-state index contributed by atoms with van der Waals surface area (Å²) in [6.45, 7) is 10.9. The number of aromatic nitrogens is 3. The van der Waals surface area contributed by atoms with Gasteiger partial charge in [0, 0.05) is 37.6 Å². The van der Waals surface area contributed by atoms with Crippen molar-refractivity contribution in [3.8, 4) is 6.07 Å². The molecule has 1 aromatic heterocycles. The van der Waals surface area contributed by atoms with Crippen LogP contribution in [0, 0.1) is 30.6 Å². The maximum absolute atomic E-state index is 12.9. The van der Waals surface area contributed by atoms with Gasteiger partial charge in [0.15, 0.2) is 0 Å². The van der Waals surface area contributed by atoms with Crippen molar-refractivity contribution in [2.24, 2.45) is 5.41 Å². The van der Waals surface area contributed by atoms with Crippen LogP contribution in [-0.4, -0.2) is 20.5 Å². The van der Waals surface area contributed by atoms with E-state index in [2.05, 4.69) is 67.6 Å². The molecule has 0 amide bonds. The van der Waals surface area contributed by atoms with Gasteiger partial charge >= 0.3 is 0 Å². The average Bonchev–Trinajstić information content (AvgIpc) is 3.42. The predicted molar refractivity (Wildman–Crippen MR) is 123 cm³/mol. The van der Waals surface area contributed by atoms with Crippen LogP contribution >= 0.6 is 0 Å². The van der Waals surface area contributed by atoms with E-state index in [1.807, 2.05) is 6.07 Å². The Morgan fingerprint density at radius 3 is 2.61 bits per heavy atom. The molecular formula is C26H36N4O. The zero-order valence-electron chi connectivity index (χ0n) is 19.7. The van der Waals surface area contributed by atoms with E-state index in [0.29, 0.717) is 30.7 Å². The summed E-state index contributed by atoms with van der Waals surface area (Å²) in [5.74, 6) is 1.83. The number of rotatable bonds is 10. The fraction of sp³-hybridized carbons (Fsp3) is 0.615. The van der Waals surface area contributed by atoms with Gasteiger partial charge in [-0.2, -0.15) is 5.26 Å². The molecule has 1 aliphatic carbocycles. The first kappa shape index (κ1) is 23.2. The SMILES string of the molecule is Cc1ccc(CC(=O)CC(CC#N)c2nnc(CCCC(C)(C)C)n2C2CC2)c(C)c1. The first-order chi connectivity index (χ1) is 14.7. The van der Waals surface area contributed by atoms with E-state index in [0.717, 1.165) is 54.9 Å². The predicted octanol–water partition coefficient (Wildman–Crippen LogP) is 5.80. The van der Waals surface area contributed by atoms with Gasteiger partial charge < -0.3 is 4.57 Å². The lowest BCUT2D eigenvalue weighted by atomic mass is 9.90. The summed E-state index contributed by atoms with van der Waals surface area (Å²) in [5.41, 5.74) is 3.72. The highest BCUT2D eigenvalue weighted by atomic mass is 16.1. The molecule has 0 N–H and O–H groups in total. The topological polar surface area (TPSA) is 71.6 Å². The fourth-order valence-corrected chi connectivity index (χ4v) is 4.26. The van der Waals surface area contributed by atoms with Gasteiger partial charge in [-0.15, -0.1) is 10.2 Å². The number of benzene rings is 1. The molecule has 0 saturated heterocycles. The minimum atomic E-state index is -0.187. The lowest BCUT2D eigenvalue weighted by molar-refractivity contribution is -0.118. The van der Waals surface area contributed by atoms with E-state index in [-0.39, 0.29) is 11.7 Å². The number of hydrogen-bond donors (Lipinski definition) is 0. The number of nitriles is 1. The Morgan fingerprint density at radius 1 is 1.26 bits per heavy atom. The van der Waals surface area contributed by atoms with Gasteiger partial charge in [0.1, 0.15) is 17.4 Å². The number of ketones is 1. The molecular weight excluding hydrogens is 384 g/mol. The smallest absolute Gasteiger partial charge is 0.138 e. The molecule has 1 atom stereocenters. The van der Waals surface area contributed by atoms with Gasteiger partial charge in [0.25, 0.3) is 0 Å². The molecule has 1 aromatic carbocycles. The lowest BCUT2D eigenvalue weighted by Crippen LogP contribution is -2.16. The molecule has 1 aliphatic rings. The summed E-state index contributed by atoms with van der Waals surface area (Å²) >= 11 is 0. The molecule has 1 fully saturated rings. The van der Waals surface area contributed by atoms with Crippen molar-refractivity contribution < 1.29 is 4.79 Å². The minimum absolute atomic E-state index is 0.159. The van der Waals surface area contributed by atoms with Crippen LogP contribution in [0.5, 0.6) is 0 Å². The van der Waals surface area contributed by atoms with Gasteiger partial charge in [-0.3, -0.25) is 4.79 Å². The van der Waals surface area contributed by atoms with Crippen molar-refractivity contribution in [1.82, 2.24) is 14.8 Å². The van der Waals surface area contributed by atoms with Crippen molar-refractivity contribution in [2.45, 2.75) is 97.9 Å². The fourth-order valence-electron chi connectivity index (χ4n) is 4.26. The standard InChI is InChI=1S/C26H36N4O/c1-18-8-9-20(19(2)15-18)16-23(31)17-21(12-14-27)25-29-28-24(30(25)22-10-11-22)7-6-13-26(3,4)5/h8-9,15,21-22H,6-7,10-13,16-17H2,1-5H3. The van der Waals surface area contributed by atoms with Crippen LogP contribution in [0.1, 0.15) is 99.6 Å². The molecule has 0 aliphatic heterocycles. The van der Waals surface area contributed by atoms with Crippen LogP contribution in [0.2, 0.25) is 0 Å². The molecule has 1 unspecified atom stereocenters. The summed E-state index contributed by atoms with van der Waals surface area (Å²) in [4.78, 5) is 12.9. The van der Waals surface area contributed by atoms with E-state index in [1.54, 1.807) is 0 Å². The van der Waals surface area contributed by atoms with Gasteiger partial charge in [-0.25, -0.2) is 0 Å². The quantitative estimate of drug-likeness (QED) is 0.487. The van der Waals surface area contributed by atoms with Crippen LogP contribution in [0.15, 0.2) is 18.2 Å². The first-order valence-corrected chi connectivity index (χ1v) is 11.6. The van der Waals surface area contributed by atoms with Gasteiger partial charge in [-0.1, -0.05) is 44.5 Å². The highest BCUT2D eigenvalue weighted by Gasteiger charge is 2.33. The van der Waals surface area contributed by atoms with Gasteiger partial charge in [0.05, 0.1) is 6.07 Å². The molecule has 1 saturated carbocycles. The van der Waals surface area contributed by atoms with Gasteiger partial charge in [-0.05, 0) is 56.1 Å². The monoisotopic (exact) mass is 420 g/mol. The molecule has 166 valence electrons. The van der Waals surface area contributed by atoms with E-state index < -0.39 is 0 Å². The molecule has 31 heavy (non-hydrogen) atoms. The summed E-state index contributed by atoms with van der Waals surface area (Å²) in [6.07, 6.45) is 6.42. The van der Waals surface area contributed by atoms with Crippen LogP contribution in [-0.2, 0) is 17.6 Å². The Hall–Kier alpha value is -2.48. The molecule has 5 nitrogen and oxygen atoms in total. The molecule has 0 radical (unpaired) electrons. The third kappa shape index (κ3) is 6.50. The second kappa shape index (κ2) is 9.77. The zero-order chi connectivity index (χ0) is 22.6. The number of carbonyl (C=O) groups excluding carboxylic acids is 1. The molecule has 5 heteroatoms. The van der Waals surface area contributed by atoms with Crippen molar-refractivity contribution in [3.63, 3.8) is 0 Å². The van der Waals surface area contributed by atoms with E-state index in [1.165, 1.54) is 5.56 Å². The summed E-state index contributed by atoms with van der Waals surface area (Å²) in [6, 6.07) is 8.92. The zero-order valence-corrected chi connectivity index (χ0v) is 19.7. The largest absolute Gasteiger partial charge is 0.312 e. The molecule has 3 rings (SSSR count). The molecule has 0 bridgehead atoms. The number of Topliss-reactive ketones (excluding diaryl/α,β-unsaturated/α-hetero) is 1. The Labute approximate surface area is 186 Å². The highest BCUT2D eigenvalue weighted by Crippen LogP contribution is 2.39. The summed E-state index contributed by atoms with van der Waals surface area (Å²) in [5, 5.41) is 18.5. The third-order valence-electron chi connectivity index (χ3n) is 6.09. The van der Waals surface area contributed by atoms with E-state index in [4.69, 9.17) is 0 Å². The Morgan fingerprint density at radius 2 is 2.00 bits per heavy atom. The van der Waals surface area contributed by atoms with Crippen molar-refractivity contribution in [1.29, 1.82) is 5.26 Å². The second-order valence-corrected chi connectivity index (χ2v) is 10.4. The second-order valence-electron chi connectivity index (χ2n) is 10.4. The summed E-state index contributed by atoms with van der Waals surface area (Å²) < 4.78 is 2.26. The Kier molecular flexibility index (Phi) is 7.30. The van der Waals surface area contributed by atoms with Crippen LogP contribution in [0.3, 0.4) is 0 Å². The number of carbonyl (C=O) groups is 1. The van der Waals surface area contributed by atoms with Crippen LogP contribution in [0.4, 0.5) is 0 Å². The maximum Gasteiger partial charge on any atom is 0.138 e. The van der Waals surface area contributed by atoms with Crippen molar-refractivity contribution in [2.75, 3.05) is 0 Å². The lowest BCUT2D eigenvalue weighted by Gasteiger charge is -2.18. The van der Waals surface area contributed by atoms with Crippen LogP contribution in [0.25, 0.3) is 0 Å². The number of nitrogens with zero attached hydrogens (tertiary/aromatic N) is 4. The highest BCUT2D eigenvalue weighted by molar-refractivity contribution is 5.82. The first-order valence-electron chi connectivity index (χ1n) is 11.6. The summed E-state index contributed by atoms with van der Waals surface area (Å²) in [7, 11) is 0. The third-order valence-corrected chi connectivity index (χ3v) is 6.09. The maximum atomic E-state index is 12.9. The average molecular weight is 421 g/mol. The number of hydrogen-bond acceptors (Lipinski definition) is 4. The van der Waals surface area contributed by atoms with E-state index in [9.17, 15) is 10.1 Å². The Bertz CT molecular complexity index is 957. The van der Waals surface area contributed by atoms with Crippen molar-refractivity contribution in [3.05, 3.63) is 46.5 Å². The van der Waals surface area contributed by atoms with E-state index >= 15 is 0 Å². The van der Waals surface area contributed by atoms with Gasteiger partial charge in [0.2, 0.25) is 0 Å². The molecule has 2 aromatic rings.